The summed E-state index contributed by atoms with van der Waals surface area (Å²) in [5.41, 5.74) is 6.28. The minimum Gasteiger partial charge on any atom is -0.310 e. The Balaban J connectivity index is 0.00000145. The van der Waals surface area contributed by atoms with Crippen LogP contribution in [0.25, 0.3) is 0 Å². The van der Waals surface area contributed by atoms with Crippen LogP contribution in [0.5, 0.6) is 0 Å². The minimum absolute atomic E-state index is 0.0696. The molecule has 0 bridgehead atoms. The van der Waals surface area contributed by atoms with E-state index in [9.17, 15) is 10.5 Å². The van der Waals surface area contributed by atoms with Gasteiger partial charge in [0.2, 0.25) is 0 Å². The van der Waals surface area contributed by atoms with Gasteiger partial charge in [0.1, 0.15) is 12.1 Å². The molecule has 3 aromatic rings. The fourth-order valence-electron chi connectivity index (χ4n) is 3.53. The van der Waals surface area contributed by atoms with Crippen molar-refractivity contribution in [2.24, 2.45) is 0 Å². The molecule has 0 saturated heterocycles. The standard InChI is InChI=1S/C28H29N3.2C2H6/c1-27(2,3)22-8-13-24(14-9-22)31(25-15-10-23(11-16-25)28(4,5)6)26-12-7-20(18-29)21(17-26)19-30;2*1-2/h7-17H,1-6H3;2*1-2H3. The predicted molar refractivity (Wildman–Crippen MR) is 151 cm³/mol. The lowest BCUT2D eigenvalue weighted by Gasteiger charge is -2.28. The number of hydrogen-bond acceptors (Lipinski definition) is 3. The van der Waals surface area contributed by atoms with E-state index in [-0.39, 0.29) is 10.8 Å². The van der Waals surface area contributed by atoms with Crippen molar-refractivity contribution in [3.63, 3.8) is 0 Å². The summed E-state index contributed by atoms with van der Waals surface area (Å²) >= 11 is 0. The van der Waals surface area contributed by atoms with Crippen LogP contribution in [0.15, 0.2) is 66.7 Å². The van der Waals surface area contributed by atoms with E-state index in [1.807, 2.05) is 33.8 Å². The van der Waals surface area contributed by atoms with Gasteiger partial charge in [-0.05, 0) is 64.4 Å². The Hall–Kier alpha value is -3.56. The summed E-state index contributed by atoms with van der Waals surface area (Å²) in [6.07, 6.45) is 0. The molecule has 0 saturated carbocycles. The molecule has 0 heterocycles. The fourth-order valence-corrected chi connectivity index (χ4v) is 3.53. The number of hydrogen-bond donors (Lipinski definition) is 0. The van der Waals surface area contributed by atoms with Gasteiger partial charge in [-0.2, -0.15) is 10.5 Å². The highest BCUT2D eigenvalue weighted by atomic mass is 15.1. The van der Waals surface area contributed by atoms with Gasteiger partial charge in [-0.15, -0.1) is 0 Å². The van der Waals surface area contributed by atoms with E-state index >= 15 is 0 Å². The maximum Gasteiger partial charge on any atom is 0.101 e. The van der Waals surface area contributed by atoms with Crippen molar-refractivity contribution in [2.45, 2.75) is 80.1 Å². The zero-order chi connectivity index (χ0) is 26.8. The summed E-state index contributed by atoms with van der Waals surface area (Å²) in [4.78, 5) is 2.13. The molecule has 0 unspecified atom stereocenters. The van der Waals surface area contributed by atoms with Crippen LogP contribution < -0.4 is 4.90 Å². The maximum absolute atomic E-state index is 9.53. The predicted octanol–water partition coefficient (Wildman–Crippen LogP) is 9.55. The average Bonchev–Trinajstić information content (AvgIpc) is 2.86. The molecule has 3 heteroatoms. The number of nitrogens with zero attached hydrogens (tertiary/aromatic N) is 3. The smallest absolute Gasteiger partial charge is 0.101 e. The quantitative estimate of drug-likeness (QED) is 0.385. The van der Waals surface area contributed by atoms with Crippen molar-refractivity contribution in [3.05, 3.63) is 89.0 Å². The van der Waals surface area contributed by atoms with Gasteiger partial charge in [0.15, 0.2) is 0 Å². The molecule has 0 aliphatic heterocycles. The van der Waals surface area contributed by atoms with Gasteiger partial charge in [0, 0.05) is 17.1 Å². The van der Waals surface area contributed by atoms with Gasteiger partial charge < -0.3 is 4.90 Å². The highest BCUT2D eigenvalue weighted by molar-refractivity contribution is 5.78. The van der Waals surface area contributed by atoms with Gasteiger partial charge in [-0.25, -0.2) is 0 Å². The maximum atomic E-state index is 9.53. The number of nitriles is 2. The Labute approximate surface area is 213 Å². The van der Waals surface area contributed by atoms with E-state index in [1.54, 1.807) is 12.1 Å². The summed E-state index contributed by atoms with van der Waals surface area (Å²) in [6, 6.07) is 26.7. The Morgan fingerprint density at radius 2 is 0.857 bits per heavy atom. The van der Waals surface area contributed by atoms with Crippen LogP contribution in [0.2, 0.25) is 0 Å². The van der Waals surface area contributed by atoms with Crippen molar-refractivity contribution in [3.8, 4) is 12.1 Å². The average molecular weight is 468 g/mol. The second kappa shape index (κ2) is 12.8. The SMILES string of the molecule is CC.CC.CC(C)(C)c1ccc(N(c2ccc(C(C)(C)C)cc2)c2ccc(C#N)c(C#N)c2)cc1. The lowest BCUT2D eigenvalue weighted by Crippen LogP contribution is -2.14. The zero-order valence-corrected chi connectivity index (χ0v) is 23.2. The van der Waals surface area contributed by atoms with Gasteiger partial charge >= 0.3 is 0 Å². The first kappa shape index (κ1) is 29.5. The Kier molecular flexibility index (Phi) is 10.8. The monoisotopic (exact) mass is 467 g/mol. The molecule has 3 rings (SSSR count). The van der Waals surface area contributed by atoms with E-state index in [1.165, 1.54) is 11.1 Å². The molecule has 0 atom stereocenters. The van der Waals surface area contributed by atoms with Crippen LogP contribution in [0.1, 0.15) is 91.5 Å². The highest BCUT2D eigenvalue weighted by Gasteiger charge is 2.19. The molecule has 35 heavy (non-hydrogen) atoms. The van der Waals surface area contributed by atoms with Crippen molar-refractivity contribution < 1.29 is 0 Å². The van der Waals surface area contributed by atoms with E-state index in [0.717, 1.165) is 17.1 Å². The van der Waals surface area contributed by atoms with Crippen molar-refractivity contribution >= 4 is 17.1 Å². The third-order valence-electron chi connectivity index (χ3n) is 5.49. The summed E-state index contributed by atoms with van der Waals surface area (Å²) in [5, 5.41) is 18.8. The molecule has 0 amide bonds. The molecule has 3 nitrogen and oxygen atoms in total. The van der Waals surface area contributed by atoms with E-state index in [2.05, 4.69) is 107 Å². The zero-order valence-electron chi connectivity index (χ0n) is 23.2. The third kappa shape index (κ3) is 7.46. The van der Waals surface area contributed by atoms with Crippen LogP contribution in [0.4, 0.5) is 17.1 Å². The lowest BCUT2D eigenvalue weighted by atomic mass is 9.86. The molecule has 3 aromatic carbocycles. The molecular formula is C32H41N3. The second-order valence-corrected chi connectivity index (χ2v) is 9.88. The molecule has 0 spiro atoms. The normalized spacial score (nSPS) is 10.5. The largest absolute Gasteiger partial charge is 0.310 e. The van der Waals surface area contributed by atoms with Gasteiger partial charge in [-0.3, -0.25) is 0 Å². The van der Waals surface area contributed by atoms with Crippen molar-refractivity contribution in [2.75, 3.05) is 4.90 Å². The molecule has 184 valence electrons. The Morgan fingerprint density at radius 3 is 1.17 bits per heavy atom. The summed E-state index contributed by atoms with van der Waals surface area (Å²) < 4.78 is 0. The van der Waals surface area contributed by atoms with Gasteiger partial charge in [0.05, 0.1) is 11.1 Å². The lowest BCUT2D eigenvalue weighted by molar-refractivity contribution is 0.590. The van der Waals surface area contributed by atoms with Crippen molar-refractivity contribution in [1.29, 1.82) is 10.5 Å². The van der Waals surface area contributed by atoms with Crippen LogP contribution in [-0.4, -0.2) is 0 Å². The van der Waals surface area contributed by atoms with Crippen molar-refractivity contribution in [1.82, 2.24) is 0 Å². The number of rotatable bonds is 3. The first-order chi connectivity index (χ1) is 16.5. The van der Waals surface area contributed by atoms with Crippen LogP contribution in [-0.2, 0) is 10.8 Å². The molecule has 0 fully saturated rings. The van der Waals surface area contributed by atoms with Crippen LogP contribution in [0, 0.1) is 22.7 Å². The molecule has 0 aromatic heterocycles. The number of benzene rings is 3. The number of anilines is 3. The summed E-state index contributed by atoms with van der Waals surface area (Å²) in [7, 11) is 0. The highest BCUT2D eigenvalue weighted by Crippen LogP contribution is 2.37. The Bertz CT molecular complexity index is 1090. The fraction of sp³-hybridized carbons (Fsp3) is 0.375. The molecule has 0 N–H and O–H groups in total. The Morgan fingerprint density at radius 1 is 0.514 bits per heavy atom. The van der Waals surface area contributed by atoms with E-state index in [0.29, 0.717) is 11.1 Å². The van der Waals surface area contributed by atoms with Crippen LogP contribution >= 0.6 is 0 Å². The molecule has 0 radical (unpaired) electrons. The summed E-state index contributed by atoms with van der Waals surface area (Å²) in [5.74, 6) is 0. The van der Waals surface area contributed by atoms with E-state index < -0.39 is 0 Å². The second-order valence-electron chi connectivity index (χ2n) is 9.88. The van der Waals surface area contributed by atoms with E-state index in [4.69, 9.17) is 0 Å². The first-order valence-corrected chi connectivity index (χ1v) is 12.5. The topological polar surface area (TPSA) is 50.8 Å². The molecule has 0 aliphatic rings. The first-order valence-electron chi connectivity index (χ1n) is 12.5. The minimum atomic E-state index is 0.0696. The van der Waals surface area contributed by atoms with Gasteiger partial charge in [-0.1, -0.05) is 93.5 Å². The summed E-state index contributed by atoms with van der Waals surface area (Å²) in [6.45, 7) is 21.2. The third-order valence-corrected chi connectivity index (χ3v) is 5.49. The molecular weight excluding hydrogens is 426 g/mol. The van der Waals surface area contributed by atoms with Gasteiger partial charge in [0.25, 0.3) is 0 Å². The molecule has 0 aliphatic carbocycles. The van der Waals surface area contributed by atoms with Crippen LogP contribution in [0.3, 0.4) is 0 Å².